The van der Waals surface area contributed by atoms with Crippen molar-refractivity contribution in [1.29, 1.82) is 0 Å². The number of halogens is 1. The van der Waals surface area contributed by atoms with Crippen LogP contribution in [0.4, 0.5) is 5.69 Å². The van der Waals surface area contributed by atoms with E-state index in [1.54, 1.807) is 19.1 Å². The Labute approximate surface area is 154 Å². The van der Waals surface area contributed by atoms with Crippen LogP contribution in [-0.2, 0) is 11.3 Å². The van der Waals surface area contributed by atoms with Gasteiger partial charge < -0.3 is 14.5 Å². The molecule has 0 amide bonds. The normalized spacial score (nSPS) is 10.5. The Kier molecular flexibility index (Phi) is 5.56. The number of hydrogen-bond donors (Lipinski definition) is 1. The maximum Gasteiger partial charge on any atom is 0.338 e. The van der Waals surface area contributed by atoms with Gasteiger partial charge in [-0.25, -0.2) is 4.79 Å². The van der Waals surface area contributed by atoms with Crippen molar-refractivity contribution in [2.24, 2.45) is 0 Å². The molecule has 1 aromatic heterocycles. The molecule has 0 atom stereocenters. The van der Waals surface area contributed by atoms with Crippen LogP contribution >= 0.6 is 15.9 Å². The highest BCUT2D eigenvalue weighted by Crippen LogP contribution is 2.24. The van der Waals surface area contributed by atoms with E-state index in [2.05, 4.69) is 21.2 Å². The van der Waals surface area contributed by atoms with Gasteiger partial charge in [-0.15, -0.1) is 0 Å². The Balaban J connectivity index is 1.60. The lowest BCUT2D eigenvalue weighted by molar-refractivity contribution is 0.0526. The Bertz CT molecular complexity index is 838. The smallest absolute Gasteiger partial charge is 0.338 e. The van der Waals surface area contributed by atoms with Crippen molar-refractivity contribution in [3.63, 3.8) is 0 Å². The molecule has 0 aliphatic rings. The van der Waals surface area contributed by atoms with E-state index in [0.29, 0.717) is 18.7 Å². The molecular formula is C20H18BrNO3. The van der Waals surface area contributed by atoms with Gasteiger partial charge in [-0.1, -0.05) is 28.1 Å². The SMILES string of the molecule is CCOC(=O)c1ccc(NCc2ccc(-c3ccc(Br)cc3)o2)cc1. The fourth-order valence-electron chi connectivity index (χ4n) is 2.37. The molecule has 1 heterocycles. The zero-order valence-electron chi connectivity index (χ0n) is 13.8. The average molecular weight is 400 g/mol. The summed E-state index contributed by atoms with van der Waals surface area (Å²) in [6.45, 7) is 2.73. The van der Waals surface area contributed by atoms with Gasteiger partial charge in [0.05, 0.1) is 18.7 Å². The molecule has 0 fully saturated rings. The zero-order chi connectivity index (χ0) is 17.6. The summed E-state index contributed by atoms with van der Waals surface area (Å²) in [6.07, 6.45) is 0. The quantitative estimate of drug-likeness (QED) is 0.556. The fraction of sp³-hybridized carbons (Fsp3) is 0.150. The number of anilines is 1. The molecular weight excluding hydrogens is 382 g/mol. The largest absolute Gasteiger partial charge is 0.462 e. The van der Waals surface area contributed by atoms with Crippen molar-refractivity contribution >= 4 is 27.6 Å². The predicted octanol–water partition coefficient (Wildman–Crippen LogP) is 5.50. The van der Waals surface area contributed by atoms with Gasteiger partial charge in [-0.2, -0.15) is 0 Å². The molecule has 128 valence electrons. The van der Waals surface area contributed by atoms with Crippen LogP contribution in [0.1, 0.15) is 23.0 Å². The van der Waals surface area contributed by atoms with Crippen LogP contribution < -0.4 is 5.32 Å². The maximum absolute atomic E-state index is 11.6. The molecule has 0 unspecified atom stereocenters. The number of benzene rings is 2. The van der Waals surface area contributed by atoms with E-state index in [1.165, 1.54) is 0 Å². The number of ether oxygens (including phenoxy) is 1. The van der Waals surface area contributed by atoms with E-state index in [9.17, 15) is 4.79 Å². The molecule has 5 heteroatoms. The van der Waals surface area contributed by atoms with Gasteiger partial charge in [-0.05, 0) is 55.5 Å². The van der Waals surface area contributed by atoms with Crippen molar-refractivity contribution in [2.45, 2.75) is 13.5 Å². The summed E-state index contributed by atoms with van der Waals surface area (Å²) in [5, 5.41) is 3.28. The summed E-state index contributed by atoms with van der Waals surface area (Å²) >= 11 is 3.43. The zero-order valence-corrected chi connectivity index (χ0v) is 15.4. The average Bonchev–Trinajstić information content (AvgIpc) is 3.10. The lowest BCUT2D eigenvalue weighted by Crippen LogP contribution is -2.05. The highest BCUT2D eigenvalue weighted by molar-refractivity contribution is 9.10. The Morgan fingerprint density at radius 1 is 1.04 bits per heavy atom. The van der Waals surface area contributed by atoms with Crippen molar-refractivity contribution in [3.05, 3.63) is 76.5 Å². The topological polar surface area (TPSA) is 51.5 Å². The fourth-order valence-corrected chi connectivity index (χ4v) is 2.63. The lowest BCUT2D eigenvalue weighted by Gasteiger charge is -2.06. The number of esters is 1. The molecule has 3 aromatic rings. The summed E-state index contributed by atoms with van der Waals surface area (Å²) in [5.74, 6) is 1.37. The first-order chi connectivity index (χ1) is 12.2. The molecule has 0 bridgehead atoms. The van der Waals surface area contributed by atoms with E-state index in [4.69, 9.17) is 9.15 Å². The molecule has 0 aliphatic carbocycles. The Morgan fingerprint density at radius 2 is 1.76 bits per heavy atom. The molecule has 0 aliphatic heterocycles. The standard InChI is InChI=1S/C20H18BrNO3/c1-2-24-20(23)15-5-9-17(10-6-15)22-13-18-11-12-19(25-18)14-3-7-16(21)8-4-14/h3-12,22H,2,13H2,1H3. The van der Waals surface area contributed by atoms with Crippen LogP contribution in [0.25, 0.3) is 11.3 Å². The summed E-state index contributed by atoms with van der Waals surface area (Å²) < 4.78 is 11.9. The van der Waals surface area contributed by atoms with Crippen LogP contribution in [-0.4, -0.2) is 12.6 Å². The number of furan rings is 1. The van der Waals surface area contributed by atoms with Gasteiger partial charge >= 0.3 is 5.97 Å². The highest BCUT2D eigenvalue weighted by atomic mass is 79.9. The second kappa shape index (κ2) is 8.03. The van der Waals surface area contributed by atoms with Gasteiger partial charge in [0.2, 0.25) is 0 Å². The Hall–Kier alpha value is -2.53. The van der Waals surface area contributed by atoms with Gasteiger partial charge in [0.15, 0.2) is 0 Å². The van der Waals surface area contributed by atoms with Crippen molar-refractivity contribution < 1.29 is 13.9 Å². The number of carbonyl (C=O) groups excluding carboxylic acids is 1. The van der Waals surface area contributed by atoms with Crippen molar-refractivity contribution in [3.8, 4) is 11.3 Å². The van der Waals surface area contributed by atoms with Crippen LogP contribution in [0.2, 0.25) is 0 Å². The summed E-state index contributed by atoms with van der Waals surface area (Å²) in [7, 11) is 0. The molecule has 2 aromatic carbocycles. The predicted molar refractivity (Wildman–Crippen MR) is 102 cm³/mol. The lowest BCUT2D eigenvalue weighted by atomic mass is 10.2. The van der Waals surface area contributed by atoms with Crippen LogP contribution in [0.15, 0.2) is 69.6 Å². The van der Waals surface area contributed by atoms with Crippen LogP contribution in [0, 0.1) is 0 Å². The van der Waals surface area contributed by atoms with E-state index < -0.39 is 0 Å². The molecule has 0 spiro atoms. The molecule has 25 heavy (non-hydrogen) atoms. The monoisotopic (exact) mass is 399 g/mol. The van der Waals surface area contributed by atoms with E-state index >= 15 is 0 Å². The van der Waals surface area contributed by atoms with E-state index in [-0.39, 0.29) is 5.97 Å². The summed E-state index contributed by atoms with van der Waals surface area (Å²) in [5.41, 5.74) is 2.49. The summed E-state index contributed by atoms with van der Waals surface area (Å²) in [4.78, 5) is 11.6. The number of nitrogens with one attached hydrogen (secondary N) is 1. The first-order valence-corrected chi connectivity index (χ1v) is 8.80. The van der Waals surface area contributed by atoms with E-state index in [1.807, 2.05) is 48.5 Å². The van der Waals surface area contributed by atoms with Crippen LogP contribution in [0.5, 0.6) is 0 Å². The van der Waals surface area contributed by atoms with Crippen molar-refractivity contribution in [2.75, 3.05) is 11.9 Å². The highest BCUT2D eigenvalue weighted by Gasteiger charge is 2.07. The molecule has 0 saturated carbocycles. The number of hydrogen-bond acceptors (Lipinski definition) is 4. The minimum Gasteiger partial charge on any atom is -0.462 e. The van der Waals surface area contributed by atoms with Gasteiger partial charge in [0.1, 0.15) is 11.5 Å². The molecule has 4 nitrogen and oxygen atoms in total. The molecule has 1 N–H and O–H groups in total. The number of carbonyl (C=O) groups is 1. The third-order valence-electron chi connectivity index (χ3n) is 3.65. The molecule has 0 saturated heterocycles. The molecule has 0 radical (unpaired) electrons. The molecule has 3 rings (SSSR count). The minimum absolute atomic E-state index is 0.306. The Morgan fingerprint density at radius 3 is 2.44 bits per heavy atom. The van der Waals surface area contributed by atoms with E-state index in [0.717, 1.165) is 27.2 Å². The van der Waals surface area contributed by atoms with Gasteiger partial charge in [0.25, 0.3) is 0 Å². The van der Waals surface area contributed by atoms with Gasteiger partial charge in [0, 0.05) is 15.7 Å². The first-order valence-electron chi connectivity index (χ1n) is 8.01. The third kappa shape index (κ3) is 4.51. The maximum atomic E-state index is 11.6. The minimum atomic E-state index is -0.306. The van der Waals surface area contributed by atoms with Crippen LogP contribution in [0.3, 0.4) is 0 Å². The second-order valence-corrected chi connectivity index (χ2v) is 6.34. The second-order valence-electron chi connectivity index (χ2n) is 5.42. The number of rotatable bonds is 6. The summed E-state index contributed by atoms with van der Waals surface area (Å²) in [6, 6.07) is 19.1. The first kappa shape index (κ1) is 17.3. The van der Waals surface area contributed by atoms with Crippen molar-refractivity contribution in [1.82, 2.24) is 0 Å². The third-order valence-corrected chi connectivity index (χ3v) is 4.18. The van der Waals surface area contributed by atoms with Gasteiger partial charge in [-0.3, -0.25) is 0 Å².